The lowest BCUT2D eigenvalue weighted by Crippen LogP contribution is -2.25. The second-order valence-corrected chi connectivity index (χ2v) is 6.28. The maximum absolute atomic E-state index is 12.1. The first-order valence-corrected chi connectivity index (χ1v) is 7.97. The van der Waals surface area contributed by atoms with Crippen molar-refractivity contribution < 1.29 is 4.79 Å². The molecule has 0 atom stereocenters. The number of nitrogens with zero attached hydrogens (tertiary/aromatic N) is 3. The number of carbonyl (C=O) groups excluding carboxylic acids is 1. The van der Waals surface area contributed by atoms with Crippen LogP contribution in [-0.2, 0) is 0 Å². The molecule has 1 aromatic heterocycles. The SMILES string of the molecule is O=C(NC1CC1)c1ccc2c(c1)nnn2C1CCCCC1. The van der Waals surface area contributed by atoms with E-state index in [-0.39, 0.29) is 5.91 Å². The van der Waals surface area contributed by atoms with E-state index in [9.17, 15) is 4.79 Å². The fourth-order valence-corrected chi connectivity index (χ4v) is 3.17. The average Bonchev–Trinajstić information content (AvgIpc) is 3.24. The Hall–Kier alpha value is -1.91. The second-order valence-electron chi connectivity index (χ2n) is 6.28. The molecule has 1 aromatic carbocycles. The molecule has 0 aliphatic heterocycles. The molecule has 0 unspecified atom stereocenters. The molecule has 2 fully saturated rings. The van der Waals surface area contributed by atoms with Crippen LogP contribution in [0.15, 0.2) is 18.2 Å². The van der Waals surface area contributed by atoms with Crippen molar-refractivity contribution in [3.63, 3.8) is 0 Å². The molecule has 1 N–H and O–H groups in total. The highest BCUT2D eigenvalue weighted by Gasteiger charge is 2.24. The summed E-state index contributed by atoms with van der Waals surface area (Å²) in [4.78, 5) is 12.1. The number of fused-ring (bicyclic) bond motifs is 1. The predicted molar refractivity (Wildman–Crippen MR) is 80.1 cm³/mol. The molecule has 2 aliphatic rings. The largest absolute Gasteiger partial charge is 0.349 e. The highest BCUT2D eigenvalue weighted by molar-refractivity contribution is 5.97. The van der Waals surface area contributed by atoms with Crippen molar-refractivity contribution in [1.29, 1.82) is 0 Å². The summed E-state index contributed by atoms with van der Waals surface area (Å²) < 4.78 is 2.05. The lowest BCUT2D eigenvalue weighted by Gasteiger charge is -2.21. The summed E-state index contributed by atoms with van der Waals surface area (Å²) in [6, 6.07) is 6.59. The standard InChI is InChI=1S/C16H20N4O/c21-16(17-12-7-8-12)11-6-9-15-14(10-11)18-19-20(15)13-4-2-1-3-5-13/h6,9-10,12-13H,1-5,7-8H2,(H,17,21). The van der Waals surface area contributed by atoms with Crippen LogP contribution in [0.3, 0.4) is 0 Å². The Morgan fingerprint density at radius 2 is 1.95 bits per heavy atom. The number of carbonyl (C=O) groups is 1. The molecule has 2 aliphatic carbocycles. The van der Waals surface area contributed by atoms with Crippen molar-refractivity contribution in [1.82, 2.24) is 20.3 Å². The van der Waals surface area contributed by atoms with Gasteiger partial charge >= 0.3 is 0 Å². The fourth-order valence-electron chi connectivity index (χ4n) is 3.17. The summed E-state index contributed by atoms with van der Waals surface area (Å²) in [7, 11) is 0. The van der Waals surface area contributed by atoms with Gasteiger partial charge in [0.05, 0.1) is 11.6 Å². The molecule has 4 rings (SSSR count). The van der Waals surface area contributed by atoms with Gasteiger partial charge in [-0.1, -0.05) is 24.5 Å². The first-order valence-electron chi connectivity index (χ1n) is 7.97. The molecule has 5 heteroatoms. The quantitative estimate of drug-likeness (QED) is 0.942. The minimum Gasteiger partial charge on any atom is -0.349 e. The van der Waals surface area contributed by atoms with Crippen LogP contribution in [-0.4, -0.2) is 26.9 Å². The van der Waals surface area contributed by atoms with E-state index in [0.717, 1.165) is 23.9 Å². The van der Waals surface area contributed by atoms with Gasteiger partial charge in [-0.25, -0.2) is 4.68 Å². The molecule has 110 valence electrons. The van der Waals surface area contributed by atoms with Crippen molar-refractivity contribution in [3.8, 4) is 0 Å². The van der Waals surface area contributed by atoms with Gasteiger partial charge in [0, 0.05) is 11.6 Å². The minimum atomic E-state index is 0.00613. The molecule has 2 aromatic rings. The zero-order valence-corrected chi connectivity index (χ0v) is 12.1. The molecule has 0 spiro atoms. The van der Waals surface area contributed by atoms with Gasteiger partial charge in [-0.15, -0.1) is 5.10 Å². The number of nitrogens with one attached hydrogen (secondary N) is 1. The van der Waals surface area contributed by atoms with E-state index < -0.39 is 0 Å². The van der Waals surface area contributed by atoms with Gasteiger partial charge in [0.1, 0.15) is 5.52 Å². The van der Waals surface area contributed by atoms with Crippen LogP contribution in [0.4, 0.5) is 0 Å². The summed E-state index contributed by atoms with van der Waals surface area (Å²) in [6.45, 7) is 0. The van der Waals surface area contributed by atoms with Gasteiger partial charge in [-0.3, -0.25) is 4.79 Å². The average molecular weight is 284 g/mol. The molecule has 0 radical (unpaired) electrons. The van der Waals surface area contributed by atoms with Crippen LogP contribution < -0.4 is 5.32 Å². The first-order chi connectivity index (χ1) is 10.3. The van der Waals surface area contributed by atoms with Gasteiger partial charge < -0.3 is 5.32 Å². The Bertz CT molecular complexity index is 668. The van der Waals surface area contributed by atoms with E-state index >= 15 is 0 Å². The Morgan fingerprint density at radius 3 is 2.71 bits per heavy atom. The molecule has 0 bridgehead atoms. The maximum Gasteiger partial charge on any atom is 0.251 e. The number of aromatic nitrogens is 3. The Morgan fingerprint density at radius 1 is 1.14 bits per heavy atom. The van der Waals surface area contributed by atoms with E-state index in [2.05, 4.69) is 20.3 Å². The topological polar surface area (TPSA) is 59.8 Å². The summed E-state index contributed by atoms with van der Waals surface area (Å²) in [5.41, 5.74) is 2.55. The molecule has 1 amide bonds. The zero-order valence-electron chi connectivity index (χ0n) is 12.1. The predicted octanol–water partition coefficient (Wildman–Crippen LogP) is 2.83. The van der Waals surface area contributed by atoms with Crippen molar-refractivity contribution >= 4 is 16.9 Å². The fraction of sp³-hybridized carbons (Fsp3) is 0.562. The highest BCUT2D eigenvalue weighted by Crippen LogP contribution is 2.30. The molecular formula is C16H20N4O. The maximum atomic E-state index is 12.1. The summed E-state index contributed by atoms with van der Waals surface area (Å²) in [5.74, 6) is 0.00613. The monoisotopic (exact) mass is 284 g/mol. The molecular weight excluding hydrogens is 264 g/mol. The lowest BCUT2D eigenvalue weighted by atomic mass is 9.95. The van der Waals surface area contributed by atoms with Crippen LogP contribution in [0.1, 0.15) is 61.3 Å². The summed E-state index contributed by atoms with van der Waals surface area (Å²) in [6.07, 6.45) is 8.44. The smallest absolute Gasteiger partial charge is 0.251 e. The number of rotatable bonds is 3. The zero-order chi connectivity index (χ0) is 14.2. The molecule has 1 heterocycles. The van der Waals surface area contributed by atoms with Crippen molar-refractivity contribution in [2.45, 2.75) is 57.0 Å². The van der Waals surface area contributed by atoms with Crippen LogP contribution in [0.2, 0.25) is 0 Å². The molecule has 2 saturated carbocycles. The molecule has 5 nitrogen and oxygen atoms in total. The Kier molecular flexibility index (Phi) is 3.13. The first kappa shape index (κ1) is 12.8. The normalized spacial score (nSPS) is 19.8. The van der Waals surface area contributed by atoms with Gasteiger partial charge in [0.25, 0.3) is 5.91 Å². The van der Waals surface area contributed by atoms with E-state index in [0.29, 0.717) is 17.6 Å². The molecule has 0 saturated heterocycles. The van der Waals surface area contributed by atoms with Gasteiger partial charge in [-0.05, 0) is 43.9 Å². The Balaban J connectivity index is 1.61. The summed E-state index contributed by atoms with van der Waals surface area (Å²) >= 11 is 0. The van der Waals surface area contributed by atoms with Crippen molar-refractivity contribution in [2.24, 2.45) is 0 Å². The van der Waals surface area contributed by atoms with Gasteiger partial charge in [-0.2, -0.15) is 0 Å². The number of hydrogen-bond acceptors (Lipinski definition) is 3. The van der Waals surface area contributed by atoms with Crippen LogP contribution in [0.25, 0.3) is 11.0 Å². The third-order valence-corrected chi connectivity index (χ3v) is 4.57. The summed E-state index contributed by atoms with van der Waals surface area (Å²) in [5, 5.41) is 11.6. The van der Waals surface area contributed by atoms with Crippen LogP contribution in [0.5, 0.6) is 0 Å². The minimum absolute atomic E-state index is 0.00613. The van der Waals surface area contributed by atoms with E-state index in [1.807, 2.05) is 18.2 Å². The highest BCUT2D eigenvalue weighted by atomic mass is 16.1. The number of hydrogen-bond donors (Lipinski definition) is 1. The third kappa shape index (κ3) is 2.52. The van der Waals surface area contributed by atoms with Gasteiger partial charge in [0.15, 0.2) is 0 Å². The van der Waals surface area contributed by atoms with E-state index in [1.165, 1.54) is 32.1 Å². The van der Waals surface area contributed by atoms with Gasteiger partial charge in [0.2, 0.25) is 0 Å². The Labute approximate surface area is 123 Å². The van der Waals surface area contributed by atoms with Crippen molar-refractivity contribution in [2.75, 3.05) is 0 Å². The molecule has 21 heavy (non-hydrogen) atoms. The lowest BCUT2D eigenvalue weighted by molar-refractivity contribution is 0.0951. The number of benzene rings is 1. The van der Waals surface area contributed by atoms with Crippen LogP contribution >= 0.6 is 0 Å². The number of amides is 1. The third-order valence-electron chi connectivity index (χ3n) is 4.57. The van der Waals surface area contributed by atoms with E-state index in [1.54, 1.807) is 0 Å². The van der Waals surface area contributed by atoms with Crippen molar-refractivity contribution in [3.05, 3.63) is 23.8 Å². The van der Waals surface area contributed by atoms with Crippen LogP contribution in [0, 0.1) is 0 Å². The van der Waals surface area contributed by atoms with E-state index in [4.69, 9.17) is 0 Å². The second kappa shape index (κ2) is 5.13.